The zero-order valence-corrected chi connectivity index (χ0v) is 9.03. The Bertz CT molecular complexity index is 385. The second-order valence-corrected chi connectivity index (χ2v) is 4.36. The molecule has 0 amide bonds. The summed E-state index contributed by atoms with van der Waals surface area (Å²) in [5, 5.41) is 4.32. The van der Waals surface area contributed by atoms with Gasteiger partial charge in [0.15, 0.2) is 0 Å². The molecule has 0 spiro atoms. The Morgan fingerprint density at radius 3 is 2.50 bits per heavy atom. The largest absolute Gasteiger partial charge is 0.345 e. The Hall–Kier alpha value is -1.06. The molecule has 4 heteroatoms. The van der Waals surface area contributed by atoms with Crippen LogP contribution in [0, 0.1) is 0 Å². The summed E-state index contributed by atoms with van der Waals surface area (Å²) in [7, 11) is 1.73. The van der Waals surface area contributed by atoms with Gasteiger partial charge in [0.2, 0.25) is 0 Å². The Balaban J connectivity index is 2.47. The van der Waals surface area contributed by atoms with Gasteiger partial charge in [0.05, 0.1) is 0 Å². The van der Waals surface area contributed by atoms with Crippen LogP contribution in [0.1, 0.15) is 50.9 Å². The maximum Gasteiger partial charge on any atom is 0.345 e. The molecule has 0 aromatic carbocycles. The van der Waals surface area contributed by atoms with Crippen LogP contribution in [0.2, 0.25) is 0 Å². The van der Waals surface area contributed by atoms with Crippen molar-refractivity contribution in [3.8, 4) is 0 Å². The van der Waals surface area contributed by atoms with Crippen LogP contribution in [0.15, 0.2) is 4.79 Å². The van der Waals surface area contributed by atoms with Gasteiger partial charge in [-0.05, 0) is 26.7 Å². The molecule has 1 aliphatic rings. The summed E-state index contributed by atoms with van der Waals surface area (Å²) < 4.78 is 3.28. The van der Waals surface area contributed by atoms with Crippen molar-refractivity contribution in [2.75, 3.05) is 0 Å². The van der Waals surface area contributed by atoms with Crippen molar-refractivity contribution in [1.82, 2.24) is 14.3 Å². The fraction of sp³-hybridized carbons (Fsp3) is 0.800. The standard InChI is InChI=1S/C10H17N3O/c1-7(2)13-9(8-5-4-6-8)11-12(3)10(13)14/h7-8H,4-6H2,1-3H3. The number of nitrogens with zero attached hydrogens (tertiary/aromatic N) is 3. The lowest BCUT2D eigenvalue weighted by atomic mass is 9.85. The van der Waals surface area contributed by atoms with Gasteiger partial charge in [-0.2, -0.15) is 5.10 Å². The van der Waals surface area contributed by atoms with E-state index >= 15 is 0 Å². The first kappa shape index (κ1) is 9.49. The first-order chi connectivity index (χ1) is 6.61. The SMILES string of the molecule is CC(C)n1c(C2CCC2)nn(C)c1=O. The highest BCUT2D eigenvalue weighted by Crippen LogP contribution is 2.35. The van der Waals surface area contributed by atoms with Gasteiger partial charge in [-0.3, -0.25) is 4.57 Å². The lowest BCUT2D eigenvalue weighted by molar-refractivity contribution is 0.376. The van der Waals surface area contributed by atoms with Crippen LogP contribution in [-0.4, -0.2) is 14.3 Å². The predicted octanol–water partition coefficient (Wildman–Crippen LogP) is 1.43. The Morgan fingerprint density at radius 2 is 2.07 bits per heavy atom. The average Bonchev–Trinajstić information content (AvgIpc) is 2.24. The molecular weight excluding hydrogens is 178 g/mol. The van der Waals surface area contributed by atoms with E-state index < -0.39 is 0 Å². The molecule has 1 aromatic heterocycles. The third-order valence-corrected chi connectivity index (χ3v) is 2.97. The minimum atomic E-state index is 0.0156. The maximum atomic E-state index is 11.7. The van der Waals surface area contributed by atoms with Gasteiger partial charge in [-0.1, -0.05) is 6.42 Å². The van der Waals surface area contributed by atoms with Crippen molar-refractivity contribution in [1.29, 1.82) is 0 Å². The molecule has 1 heterocycles. The van der Waals surface area contributed by atoms with Gasteiger partial charge < -0.3 is 0 Å². The topological polar surface area (TPSA) is 39.8 Å². The minimum Gasteiger partial charge on any atom is -0.276 e. The first-order valence-corrected chi connectivity index (χ1v) is 5.26. The molecule has 0 saturated heterocycles. The highest BCUT2D eigenvalue weighted by atomic mass is 16.2. The third kappa shape index (κ3) is 1.29. The van der Waals surface area contributed by atoms with Crippen molar-refractivity contribution < 1.29 is 0 Å². The van der Waals surface area contributed by atoms with Crippen molar-refractivity contribution in [2.45, 2.75) is 45.1 Å². The molecular formula is C10H17N3O. The molecule has 2 rings (SSSR count). The van der Waals surface area contributed by atoms with E-state index in [1.807, 2.05) is 18.4 Å². The minimum absolute atomic E-state index is 0.0156. The van der Waals surface area contributed by atoms with Crippen molar-refractivity contribution >= 4 is 0 Å². The molecule has 1 saturated carbocycles. The summed E-state index contributed by atoms with van der Waals surface area (Å²) >= 11 is 0. The Labute approximate surface area is 83.5 Å². The van der Waals surface area contributed by atoms with E-state index in [9.17, 15) is 4.79 Å². The quantitative estimate of drug-likeness (QED) is 0.716. The van der Waals surface area contributed by atoms with Gasteiger partial charge in [0.1, 0.15) is 5.82 Å². The van der Waals surface area contributed by atoms with Gasteiger partial charge >= 0.3 is 5.69 Å². The predicted molar refractivity (Wildman–Crippen MR) is 54.4 cm³/mol. The molecule has 78 valence electrons. The van der Waals surface area contributed by atoms with Crippen molar-refractivity contribution in [3.05, 3.63) is 16.3 Å². The molecule has 1 fully saturated rings. The molecule has 0 N–H and O–H groups in total. The van der Waals surface area contributed by atoms with E-state index in [0.29, 0.717) is 5.92 Å². The van der Waals surface area contributed by atoms with E-state index in [1.165, 1.54) is 23.9 Å². The van der Waals surface area contributed by atoms with Gasteiger partial charge in [0, 0.05) is 19.0 Å². The van der Waals surface area contributed by atoms with Gasteiger partial charge in [-0.25, -0.2) is 9.48 Å². The highest BCUT2D eigenvalue weighted by Gasteiger charge is 2.27. The van der Waals surface area contributed by atoms with Gasteiger partial charge in [0.25, 0.3) is 0 Å². The second-order valence-electron chi connectivity index (χ2n) is 4.36. The second kappa shape index (κ2) is 3.26. The molecule has 4 nitrogen and oxygen atoms in total. The molecule has 14 heavy (non-hydrogen) atoms. The summed E-state index contributed by atoms with van der Waals surface area (Å²) in [5.74, 6) is 1.50. The first-order valence-electron chi connectivity index (χ1n) is 5.26. The zero-order chi connectivity index (χ0) is 10.3. The fourth-order valence-electron chi connectivity index (χ4n) is 1.93. The highest BCUT2D eigenvalue weighted by molar-refractivity contribution is 5.02. The summed E-state index contributed by atoms with van der Waals surface area (Å²) in [5.41, 5.74) is 0.0156. The third-order valence-electron chi connectivity index (χ3n) is 2.97. The number of aromatic nitrogens is 3. The van der Waals surface area contributed by atoms with Crippen LogP contribution < -0.4 is 5.69 Å². The van der Waals surface area contributed by atoms with Crippen LogP contribution in [-0.2, 0) is 7.05 Å². The van der Waals surface area contributed by atoms with E-state index in [1.54, 1.807) is 7.05 Å². The van der Waals surface area contributed by atoms with Crippen molar-refractivity contribution in [3.63, 3.8) is 0 Å². The van der Waals surface area contributed by atoms with E-state index in [2.05, 4.69) is 5.10 Å². The molecule has 0 atom stereocenters. The van der Waals surface area contributed by atoms with Crippen LogP contribution in [0.3, 0.4) is 0 Å². The fourth-order valence-corrected chi connectivity index (χ4v) is 1.93. The number of rotatable bonds is 2. The zero-order valence-electron chi connectivity index (χ0n) is 9.03. The van der Waals surface area contributed by atoms with E-state index in [-0.39, 0.29) is 11.7 Å². The number of aryl methyl sites for hydroxylation is 1. The lowest BCUT2D eigenvalue weighted by Gasteiger charge is -2.25. The summed E-state index contributed by atoms with van der Waals surface area (Å²) in [6.45, 7) is 4.07. The van der Waals surface area contributed by atoms with Crippen LogP contribution in [0.4, 0.5) is 0 Å². The molecule has 1 aliphatic carbocycles. The molecule has 1 aromatic rings. The molecule has 0 bridgehead atoms. The summed E-state index contributed by atoms with van der Waals surface area (Å²) in [6, 6.07) is 0.215. The molecule has 0 radical (unpaired) electrons. The molecule has 0 aliphatic heterocycles. The maximum absolute atomic E-state index is 11.7. The smallest absolute Gasteiger partial charge is 0.276 e. The number of hydrogen-bond donors (Lipinski definition) is 0. The summed E-state index contributed by atoms with van der Waals surface area (Å²) in [4.78, 5) is 11.7. The Kier molecular flexibility index (Phi) is 2.21. The van der Waals surface area contributed by atoms with Crippen molar-refractivity contribution in [2.24, 2.45) is 7.05 Å². The lowest BCUT2D eigenvalue weighted by Crippen LogP contribution is -2.26. The number of hydrogen-bond acceptors (Lipinski definition) is 2. The van der Waals surface area contributed by atoms with Crippen LogP contribution >= 0.6 is 0 Å². The summed E-state index contributed by atoms with van der Waals surface area (Å²) in [6.07, 6.45) is 3.64. The molecule has 0 unspecified atom stereocenters. The van der Waals surface area contributed by atoms with E-state index in [0.717, 1.165) is 5.82 Å². The van der Waals surface area contributed by atoms with Crippen LogP contribution in [0.25, 0.3) is 0 Å². The van der Waals surface area contributed by atoms with Gasteiger partial charge in [-0.15, -0.1) is 0 Å². The monoisotopic (exact) mass is 195 g/mol. The normalized spacial score (nSPS) is 17.4. The van der Waals surface area contributed by atoms with Crippen LogP contribution in [0.5, 0.6) is 0 Å². The average molecular weight is 195 g/mol. The Morgan fingerprint density at radius 1 is 1.43 bits per heavy atom. The van der Waals surface area contributed by atoms with E-state index in [4.69, 9.17) is 0 Å².